The third kappa shape index (κ3) is 29.3. The number of ether oxygens (including phenoxy) is 6. The Balaban J connectivity index is 0.000000618. The van der Waals surface area contributed by atoms with Gasteiger partial charge in [-0.3, -0.25) is 0 Å². The SMILES string of the molecule is CC(C)[C@H](C)C=C(Br)Br.Cc1cc(C)c(C(=O)OCC[Si](C)(C)C)c(/C=C/C(C)[C@@H]2OC(C)(C)O[C@@H]2C(O)C#C[C@@H](C)[C@H](C)O[Si](c2ccccc2)(c2ccccc2)C(C)(C)C)c1.Cc1cc(C)c(C(=O)OCC[Si](C)(C)C)c(/C=C/C(C)[C@@H]2OC(C)(C)O[C@@H]2CO)c1.[CH2-]CCC.[Li+]. The number of carbonyl (C=O) groups is 2. The van der Waals surface area contributed by atoms with Crippen LogP contribution in [0.4, 0.5) is 0 Å². The molecular formula is C81H123Br2LiO11Si3. The zero-order valence-electron chi connectivity index (χ0n) is 64.8. The minimum absolute atomic E-state index is 0. The van der Waals surface area contributed by atoms with Gasteiger partial charge < -0.3 is 50.0 Å². The number of hydrogen-bond donors (Lipinski definition) is 2. The summed E-state index contributed by atoms with van der Waals surface area (Å²) in [7, 11) is -5.39. The Kier molecular flexibility index (Phi) is 38.0. The summed E-state index contributed by atoms with van der Waals surface area (Å²) in [5.74, 6) is 5.28. The number of hydrogen-bond acceptors (Lipinski definition) is 11. The number of aliphatic hydroxyl groups excluding tert-OH is 2. The second kappa shape index (κ2) is 41.1. The first-order chi connectivity index (χ1) is 44.9. The Morgan fingerprint density at radius 3 is 1.42 bits per heavy atom. The molecule has 0 aliphatic carbocycles. The van der Waals surface area contributed by atoms with Crippen LogP contribution in [0.25, 0.3) is 12.2 Å². The molecule has 0 radical (unpaired) electrons. The number of rotatable bonds is 24. The number of allylic oxidation sites excluding steroid dienone is 1. The van der Waals surface area contributed by atoms with Crippen LogP contribution in [-0.2, 0) is 32.8 Å². The molecule has 2 saturated heterocycles. The summed E-state index contributed by atoms with van der Waals surface area (Å²) in [5.41, 5.74) is 6.78. The Morgan fingerprint density at radius 2 is 1.05 bits per heavy atom. The molecule has 2 aliphatic rings. The quantitative estimate of drug-likeness (QED) is 0.0300. The molecule has 11 nitrogen and oxygen atoms in total. The van der Waals surface area contributed by atoms with Crippen molar-refractivity contribution in [2.24, 2.45) is 29.6 Å². The molecule has 0 bridgehead atoms. The number of aryl methyl sites for hydroxylation is 4. The normalized spacial score (nSPS) is 19.3. The van der Waals surface area contributed by atoms with Crippen molar-refractivity contribution in [3.63, 3.8) is 0 Å². The van der Waals surface area contributed by atoms with E-state index in [1.54, 1.807) is 0 Å². The molecule has 6 rings (SSSR count). The zero-order valence-corrected chi connectivity index (χ0v) is 71.0. The Hall–Kier alpha value is -3.47. The first-order valence-electron chi connectivity index (χ1n) is 35.0. The molecule has 3 unspecified atom stereocenters. The molecule has 0 aromatic heterocycles. The van der Waals surface area contributed by atoms with Crippen LogP contribution in [0.3, 0.4) is 0 Å². The zero-order chi connectivity index (χ0) is 73.6. The van der Waals surface area contributed by atoms with E-state index in [0.717, 1.165) is 61.2 Å². The van der Waals surface area contributed by atoms with Gasteiger partial charge in [-0.1, -0.05) is 246 Å². The minimum atomic E-state index is -2.78. The predicted octanol–water partition coefficient (Wildman–Crippen LogP) is 16.4. The summed E-state index contributed by atoms with van der Waals surface area (Å²) in [5, 5.41) is 23.5. The first kappa shape index (κ1) is 90.6. The fourth-order valence-corrected chi connectivity index (χ4v) is 18.4. The minimum Gasteiger partial charge on any atom is -0.462 e. The van der Waals surface area contributed by atoms with Gasteiger partial charge in [0.05, 0.1) is 52.7 Å². The number of carbonyl (C=O) groups excluding carboxylic acids is 2. The molecule has 0 saturated carbocycles. The smallest absolute Gasteiger partial charge is 0.462 e. The predicted molar refractivity (Wildman–Crippen MR) is 421 cm³/mol. The summed E-state index contributed by atoms with van der Waals surface area (Å²) in [6.45, 7) is 57.1. The molecule has 17 heteroatoms. The van der Waals surface area contributed by atoms with Crippen LogP contribution < -0.4 is 29.2 Å². The fraction of sp³-hybridized carbons (Fsp3) is 0.568. The molecule has 2 fully saturated rings. The van der Waals surface area contributed by atoms with Gasteiger partial charge in [-0.2, -0.15) is 6.42 Å². The van der Waals surface area contributed by atoms with E-state index in [0.29, 0.717) is 30.3 Å². The second-order valence-corrected chi connectivity index (χ2v) is 49.5. The maximum absolute atomic E-state index is 13.3. The molecule has 4 aromatic carbocycles. The number of halogens is 2. The van der Waals surface area contributed by atoms with Gasteiger partial charge in [-0.25, -0.2) is 9.59 Å². The molecule has 2 heterocycles. The summed E-state index contributed by atoms with van der Waals surface area (Å²) in [4.78, 5) is 26.2. The van der Waals surface area contributed by atoms with Crippen LogP contribution >= 0.6 is 31.9 Å². The van der Waals surface area contributed by atoms with Gasteiger partial charge in [-0.05, 0) is 163 Å². The van der Waals surface area contributed by atoms with Crippen molar-refractivity contribution < 1.29 is 71.5 Å². The molecule has 0 amide bonds. The Morgan fingerprint density at radius 1 is 0.653 bits per heavy atom. The molecule has 98 heavy (non-hydrogen) atoms. The van der Waals surface area contributed by atoms with Crippen LogP contribution in [0.5, 0.6) is 0 Å². The third-order valence-corrected chi connectivity index (χ3v) is 26.5. The van der Waals surface area contributed by atoms with E-state index in [1.807, 2.05) is 130 Å². The van der Waals surface area contributed by atoms with Crippen LogP contribution in [0, 0.1) is 76.0 Å². The van der Waals surface area contributed by atoms with Gasteiger partial charge in [0.15, 0.2) is 11.6 Å². The standard InChI is InChI=1S/C46H64O6Si2.C24H38O5Si.C7H12Br2.C4H9.Li/c1-32-30-35(4)41(44(48)49-28-29-53(11,12)13)37(31-32)26-24-34(3)42-43(51-46(9,10)50-42)40(47)27-25-33(2)36(5)52-54(45(6,7)8,38-20-16-14-17-21-38)39-22-18-15-19-23-39;1-16-13-18(3)21(23(26)27-11-12-30(6,7)8)19(14-16)10-9-17(2)22-20(15-25)28-24(4,5)29-22;1-5(2)6(3)4-7(8)9;1-3-4-2;/h14-24,26,30-31,33-34,36,40,42-43,47H,28-29H2,1-13H3;9-10,13-14,17,20,22,25H,11-12,15H2,1-8H3;4-6H,1-3H3;1,3-4H2,2H3;/q;;;-1;+1/b26-24+;10-9+;;;/t33-,34?,36+,40?,42+,43-;17?,20-,22+;6-;;/m111../s1. The second-order valence-electron chi connectivity index (χ2n) is 31.2. The van der Waals surface area contributed by atoms with Crippen molar-refractivity contribution in [2.45, 2.75) is 249 Å². The number of benzene rings is 4. The van der Waals surface area contributed by atoms with Crippen molar-refractivity contribution in [1.82, 2.24) is 0 Å². The summed E-state index contributed by atoms with van der Waals surface area (Å²) in [6, 6.07) is 31.1. The van der Waals surface area contributed by atoms with Gasteiger partial charge in [-0.15, -0.1) is 0 Å². The van der Waals surface area contributed by atoms with Crippen molar-refractivity contribution in [2.75, 3.05) is 19.8 Å². The Labute approximate surface area is 625 Å². The van der Waals surface area contributed by atoms with Gasteiger partial charge >= 0.3 is 30.8 Å². The van der Waals surface area contributed by atoms with E-state index in [4.69, 9.17) is 32.8 Å². The summed E-state index contributed by atoms with van der Waals surface area (Å²) < 4.78 is 44.2. The van der Waals surface area contributed by atoms with Crippen molar-refractivity contribution in [3.8, 4) is 11.8 Å². The van der Waals surface area contributed by atoms with Crippen LogP contribution in [0.1, 0.15) is 171 Å². The van der Waals surface area contributed by atoms with E-state index in [9.17, 15) is 19.8 Å². The molecular weight excluding hydrogens is 1400 g/mol. The number of unbranched alkanes of at least 4 members (excludes halogenated alkanes) is 1. The van der Waals surface area contributed by atoms with Gasteiger partial charge in [0.25, 0.3) is 8.32 Å². The molecule has 10 atom stereocenters. The van der Waals surface area contributed by atoms with Crippen LogP contribution in [0.15, 0.2) is 107 Å². The molecule has 0 spiro atoms. The summed E-state index contributed by atoms with van der Waals surface area (Å²) >= 11 is 6.64. The number of esters is 2. The van der Waals surface area contributed by atoms with Crippen LogP contribution in [-0.4, -0.2) is 115 Å². The van der Waals surface area contributed by atoms with Crippen LogP contribution in [0.2, 0.25) is 56.4 Å². The molecule has 540 valence electrons. The molecule has 2 N–H and O–H groups in total. The van der Waals surface area contributed by atoms with E-state index < -0.39 is 54.4 Å². The number of aliphatic hydroxyl groups is 2. The fourth-order valence-electron chi connectivity index (χ4n) is 11.4. The van der Waals surface area contributed by atoms with E-state index in [1.165, 1.54) is 16.8 Å². The van der Waals surface area contributed by atoms with Gasteiger partial charge in [0.1, 0.15) is 18.3 Å². The molecule has 2 aliphatic heterocycles. The van der Waals surface area contributed by atoms with Gasteiger partial charge in [0.2, 0.25) is 0 Å². The van der Waals surface area contributed by atoms with E-state index in [2.05, 4.69) is 207 Å². The Bertz CT molecular complexity index is 3200. The first-order valence-corrected chi connectivity index (χ1v) is 45.9. The largest absolute Gasteiger partial charge is 1.00 e. The topological polar surface area (TPSA) is 139 Å². The van der Waals surface area contributed by atoms with Gasteiger partial charge in [0, 0.05) is 33.9 Å². The monoisotopic (exact) mass is 1520 g/mol. The average Bonchev–Trinajstić information content (AvgIpc) is 1.02. The average molecular weight is 1520 g/mol. The molecule has 4 aromatic rings. The van der Waals surface area contributed by atoms with E-state index in [-0.39, 0.29) is 78.5 Å². The third-order valence-electron chi connectivity index (χ3n) is 17.4. The maximum Gasteiger partial charge on any atom is 1.00 e. The maximum atomic E-state index is 13.3. The van der Waals surface area contributed by atoms with Crippen molar-refractivity contribution in [1.29, 1.82) is 0 Å². The van der Waals surface area contributed by atoms with Crippen molar-refractivity contribution >= 4 is 90.8 Å². The summed E-state index contributed by atoms with van der Waals surface area (Å²) in [6.07, 6.45) is 9.32. The van der Waals surface area contributed by atoms with Crippen molar-refractivity contribution in [3.05, 3.63) is 158 Å². The van der Waals surface area contributed by atoms with E-state index >= 15 is 0 Å².